The fraction of sp³-hybridized carbons (Fsp3) is 0.500. The van der Waals surface area contributed by atoms with E-state index in [1.165, 1.54) is 0 Å². The summed E-state index contributed by atoms with van der Waals surface area (Å²) in [5, 5.41) is 13.3. The maximum Gasteiger partial charge on any atom is 0.122 e. The Balaban J connectivity index is 2.09. The number of benzene rings is 1. The predicted molar refractivity (Wildman–Crippen MR) is 56.7 cm³/mol. The maximum atomic E-state index is 9.95. The van der Waals surface area contributed by atoms with Gasteiger partial charge in [0.1, 0.15) is 5.75 Å². The normalized spacial score (nSPS) is 22.9. The molecule has 0 unspecified atom stereocenters. The first-order valence-corrected chi connectivity index (χ1v) is 5.48. The van der Waals surface area contributed by atoms with E-state index in [-0.39, 0.29) is 5.60 Å². The summed E-state index contributed by atoms with van der Waals surface area (Å²) in [6, 6.07) is 5.70. The van der Waals surface area contributed by atoms with Crippen molar-refractivity contribution < 1.29 is 9.84 Å². The first-order chi connectivity index (χ1) is 7.32. The average Bonchev–Trinajstić information content (AvgIpc) is 2.60. The molecule has 0 atom stereocenters. The van der Waals surface area contributed by atoms with Gasteiger partial charge >= 0.3 is 0 Å². The molecule has 15 heavy (non-hydrogen) atoms. The van der Waals surface area contributed by atoms with Gasteiger partial charge in [-0.05, 0) is 37.6 Å². The zero-order valence-electron chi connectivity index (χ0n) is 8.62. The van der Waals surface area contributed by atoms with E-state index in [1.54, 1.807) is 6.07 Å². The lowest BCUT2D eigenvalue weighted by Crippen LogP contribution is -2.39. The van der Waals surface area contributed by atoms with E-state index in [0.717, 1.165) is 37.1 Å². The van der Waals surface area contributed by atoms with E-state index in [4.69, 9.17) is 4.74 Å². The van der Waals surface area contributed by atoms with Crippen LogP contribution in [0.25, 0.3) is 0 Å². The second-order valence-electron chi connectivity index (χ2n) is 4.34. The maximum absolute atomic E-state index is 9.95. The Morgan fingerprint density at radius 1 is 1.27 bits per heavy atom. The highest BCUT2D eigenvalue weighted by atomic mass is 16.5. The number of piperidine rings is 1. The van der Waals surface area contributed by atoms with E-state index >= 15 is 0 Å². The summed E-state index contributed by atoms with van der Waals surface area (Å²) >= 11 is 0. The Morgan fingerprint density at radius 2 is 2.07 bits per heavy atom. The molecule has 1 spiro atoms. The first-order valence-electron chi connectivity index (χ1n) is 5.48. The van der Waals surface area contributed by atoms with Gasteiger partial charge in [0.2, 0.25) is 0 Å². The van der Waals surface area contributed by atoms with E-state index in [0.29, 0.717) is 12.4 Å². The SMILES string of the molecule is Oc1cccc2c1C1(CCNCC1)OC2. The van der Waals surface area contributed by atoms with Crippen LogP contribution in [0.2, 0.25) is 0 Å². The number of phenols is 1. The smallest absolute Gasteiger partial charge is 0.122 e. The first kappa shape index (κ1) is 9.19. The van der Waals surface area contributed by atoms with Crippen molar-refractivity contribution in [2.75, 3.05) is 13.1 Å². The molecule has 2 heterocycles. The fourth-order valence-electron chi connectivity index (χ4n) is 2.75. The number of nitrogens with one attached hydrogen (secondary N) is 1. The van der Waals surface area contributed by atoms with Gasteiger partial charge < -0.3 is 15.2 Å². The Morgan fingerprint density at radius 3 is 2.87 bits per heavy atom. The van der Waals surface area contributed by atoms with Crippen LogP contribution in [-0.2, 0) is 16.9 Å². The second-order valence-corrected chi connectivity index (χ2v) is 4.34. The number of hydrogen-bond acceptors (Lipinski definition) is 3. The van der Waals surface area contributed by atoms with Crippen LogP contribution in [0.5, 0.6) is 5.75 Å². The number of fused-ring (bicyclic) bond motifs is 2. The summed E-state index contributed by atoms with van der Waals surface area (Å²) in [6.07, 6.45) is 1.91. The molecule has 0 radical (unpaired) electrons. The minimum Gasteiger partial charge on any atom is -0.508 e. The lowest BCUT2D eigenvalue weighted by Gasteiger charge is -2.34. The molecule has 2 aliphatic rings. The Bertz CT molecular complexity index is 378. The molecular formula is C12H15NO2. The quantitative estimate of drug-likeness (QED) is 0.674. The molecule has 1 aromatic carbocycles. The van der Waals surface area contributed by atoms with Crippen molar-refractivity contribution in [3.8, 4) is 5.75 Å². The molecule has 2 aliphatic heterocycles. The lowest BCUT2D eigenvalue weighted by atomic mass is 9.84. The average molecular weight is 205 g/mol. The Hall–Kier alpha value is -1.06. The van der Waals surface area contributed by atoms with E-state index in [1.807, 2.05) is 12.1 Å². The van der Waals surface area contributed by atoms with Crippen molar-refractivity contribution in [3.63, 3.8) is 0 Å². The predicted octanol–water partition coefficient (Wildman–Crippen LogP) is 1.50. The number of ether oxygens (including phenoxy) is 1. The van der Waals surface area contributed by atoms with Crippen LogP contribution in [0.15, 0.2) is 18.2 Å². The number of rotatable bonds is 0. The molecule has 1 fully saturated rings. The largest absolute Gasteiger partial charge is 0.508 e. The highest BCUT2D eigenvalue weighted by Gasteiger charge is 2.42. The van der Waals surface area contributed by atoms with Crippen LogP contribution in [0.4, 0.5) is 0 Å². The number of hydrogen-bond donors (Lipinski definition) is 2. The summed E-state index contributed by atoms with van der Waals surface area (Å²) in [7, 11) is 0. The third kappa shape index (κ3) is 1.27. The molecule has 1 aromatic rings. The highest BCUT2D eigenvalue weighted by Crippen LogP contribution is 2.46. The molecule has 0 aliphatic carbocycles. The van der Waals surface area contributed by atoms with E-state index < -0.39 is 0 Å². The van der Waals surface area contributed by atoms with Crippen molar-refractivity contribution in [1.82, 2.24) is 5.32 Å². The van der Waals surface area contributed by atoms with Gasteiger partial charge in [-0.1, -0.05) is 12.1 Å². The van der Waals surface area contributed by atoms with Gasteiger partial charge in [-0.3, -0.25) is 0 Å². The van der Waals surface area contributed by atoms with Crippen molar-refractivity contribution in [2.45, 2.75) is 25.0 Å². The fourth-order valence-corrected chi connectivity index (χ4v) is 2.75. The standard InChI is InChI=1S/C12H15NO2/c14-10-3-1-2-9-8-15-12(11(9)10)4-6-13-7-5-12/h1-3,13-14H,4-8H2. The van der Waals surface area contributed by atoms with Crippen molar-refractivity contribution in [1.29, 1.82) is 0 Å². The summed E-state index contributed by atoms with van der Waals surface area (Å²) in [6.45, 7) is 2.57. The van der Waals surface area contributed by atoms with Crippen molar-refractivity contribution >= 4 is 0 Å². The zero-order valence-corrected chi connectivity index (χ0v) is 8.62. The lowest BCUT2D eigenvalue weighted by molar-refractivity contribution is -0.0598. The van der Waals surface area contributed by atoms with Gasteiger partial charge in [-0.25, -0.2) is 0 Å². The molecule has 0 amide bonds. The van der Waals surface area contributed by atoms with Gasteiger partial charge in [-0.15, -0.1) is 0 Å². The van der Waals surface area contributed by atoms with E-state index in [9.17, 15) is 5.11 Å². The molecule has 3 nitrogen and oxygen atoms in total. The molecule has 0 saturated carbocycles. The van der Waals surface area contributed by atoms with Crippen LogP contribution in [0, 0.1) is 0 Å². The Labute approximate surface area is 89.1 Å². The molecular weight excluding hydrogens is 190 g/mol. The van der Waals surface area contributed by atoms with Crippen molar-refractivity contribution in [2.24, 2.45) is 0 Å². The minimum atomic E-state index is -0.216. The van der Waals surface area contributed by atoms with E-state index in [2.05, 4.69) is 5.32 Å². The van der Waals surface area contributed by atoms with Crippen molar-refractivity contribution in [3.05, 3.63) is 29.3 Å². The van der Waals surface area contributed by atoms with Crippen LogP contribution >= 0.6 is 0 Å². The summed E-state index contributed by atoms with van der Waals surface area (Å²) in [5.41, 5.74) is 1.97. The van der Waals surface area contributed by atoms with Crippen LogP contribution in [-0.4, -0.2) is 18.2 Å². The molecule has 2 N–H and O–H groups in total. The topological polar surface area (TPSA) is 41.5 Å². The molecule has 1 saturated heterocycles. The third-order valence-corrected chi connectivity index (χ3v) is 3.50. The van der Waals surface area contributed by atoms with Gasteiger partial charge in [0.25, 0.3) is 0 Å². The zero-order chi connectivity index (χ0) is 10.3. The van der Waals surface area contributed by atoms with Gasteiger partial charge in [0.05, 0.1) is 12.2 Å². The summed E-state index contributed by atoms with van der Waals surface area (Å²) in [4.78, 5) is 0. The molecule has 0 aromatic heterocycles. The highest BCUT2D eigenvalue weighted by molar-refractivity contribution is 5.46. The second kappa shape index (κ2) is 3.22. The van der Waals surface area contributed by atoms with Crippen LogP contribution in [0.1, 0.15) is 24.0 Å². The monoisotopic (exact) mass is 205 g/mol. The number of aromatic hydroxyl groups is 1. The summed E-state index contributed by atoms with van der Waals surface area (Å²) in [5.74, 6) is 0.395. The Kier molecular flexibility index (Phi) is 1.97. The molecule has 3 rings (SSSR count). The number of phenolic OH excluding ortho intramolecular Hbond substituents is 1. The molecule has 80 valence electrons. The minimum absolute atomic E-state index is 0.216. The van der Waals surface area contributed by atoms with Gasteiger partial charge in [0.15, 0.2) is 0 Å². The van der Waals surface area contributed by atoms with Gasteiger partial charge in [-0.2, -0.15) is 0 Å². The van der Waals surface area contributed by atoms with Crippen LogP contribution in [0.3, 0.4) is 0 Å². The van der Waals surface area contributed by atoms with Gasteiger partial charge in [0, 0.05) is 5.56 Å². The molecule has 3 heteroatoms. The molecule has 0 bridgehead atoms. The van der Waals surface area contributed by atoms with Crippen LogP contribution < -0.4 is 5.32 Å². The summed E-state index contributed by atoms with van der Waals surface area (Å²) < 4.78 is 5.93. The third-order valence-electron chi connectivity index (χ3n) is 3.50.